The van der Waals surface area contributed by atoms with Crippen LogP contribution in [0.3, 0.4) is 0 Å². The highest BCUT2D eigenvalue weighted by Gasteiger charge is 2.31. The number of carbonyl (C=O) groups excluding carboxylic acids is 2. The zero-order chi connectivity index (χ0) is 26.8. The maximum atomic E-state index is 13.6. The Balaban J connectivity index is 1.81. The molecule has 0 radical (unpaired) electrons. The molecule has 0 bridgehead atoms. The zero-order valence-electron chi connectivity index (χ0n) is 21.5. The number of aryl methyl sites for hydroxylation is 1. The smallest absolute Gasteiger partial charge is 0.243 e. The monoisotopic (exact) mass is 540 g/mol. The van der Waals surface area contributed by atoms with E-state index in [9.17, 15) is 9.59 Å². The lowest BCUT2D eigenvalue weighted by Gasteiger charge is -2.32. The molecule has 0 aromatic heterocycles. The van der Waals surface area contributed by atoms with E-state index in [1.807, 2.05) is 75.4 Å². The molecule has 0 saturated heterocycles. The highest BCUT2D eigenvalue weighted by atomic mass is 35.5. The van der Waals surface area contributed by atoms with Gasteiger partial charge in [0, 0.05) is 35.5 Å². The molecule has 3 aromatic rings. The maximum Gasteiger partial charge on any atom is 0.243 e. The topological polar surface area (TPSA) is 58.6 Å². The van der Waals surface area contributed by atoms with Crippen molar-refractivity contribution in [3.8, 4) is 5.75 Å². The second-order valence-electron chi connectivity index (χ2n) is 9.39. The van der Waals surface area contributed by atoms with Gasteiger partial charge in [-0.05, 0) is 62.6 Å². The van der Waals surface area contributed by atoms with Crippen LogP contribution in [0.15, 0.2) is 72.8 Å². The molecule has 3 rings (SSSR count). The summed E-state index contributed by atoms with van der Waals surface area (Å²) in [4.78, 5) is 28.6. The quantitative estimate of drug-likeness (QED) is 0.262. The molecule has 2 amide bonds. The van der Waals surface area contributed by atoms with Crippen molar-refractivity contribution in [3.63, 3.8) is 0 Å². The van der Waals surface area contributed by atoms with E-state index < -0.39 is 6.04 Å². The van der Waals surface area contributed by atoms with Gasteiger partial charge in [-0.25, -0.2) is 0 Å². The van der Waals surface area contributed by atoms with Crippen molar-refractivity contribution >= 4 is 35.0 Å². The van der Waals surface area contributed by atoms with E-state index in [4.69, 9.17) is 27.9 Å². The molecule has 0 aliphatic rings. The molecule has 0 aliphatic heterocycles. The van der Waals surface area contributed by atoms with E-state index >= 15 is 0 Å². The molecule has 0 aliphatic carbocycles. The first-order chi connectivity index (χ1) is 17.7. The minimum Gasteiger partial charge on any atom is -0.494 e. The lowest BCUT2D eigenvalue weighted by atomic mass is 10.0. The average Bonchev–Trinajstić information content (AvgIpc) is 2.86. The Morgan fingerprint density at radius 1 is 0.973 bits per heavy atom. The third-order valence-electron chi connectivity index (χ3n) is 5.88. The highest BCUT2D eigenvalue weighted by molar-refractivity contribution is 6.35. The van der Waals surface area contributed by atoms with Gasteiger partial charge in [-0.3, -0.25) is 9.59 Å². The Hall–Kier alpha value is -3.02. The molecule has 0 saturated carbocycles. The molecular formula is C30H34Cl2N2O3. The Morgan fingerprint density at radius 2 is 1.68 bits per heavy atom. The van der Waals surface area contributed by atoms with Crippen molar-refractivity contribution in [1.29, 1.82) is 0 Å². The van der Waals surface area contributed by atoms with Gasteiger partial charge >= 0.3 is 0 Å². The van der Waals surface area contributed by atoms with Crippen LogP contribution in [-0.2, 0) is 22.6 Å². The van der Waals surface area contributed by atoms with Crippen molar-refractivity contribution in [2.75, 3.05) is 6.61 Å². The fourth-order valence-corrected chi connectivity index (χ4v) is 4.43. The van der Waals surface area contributed by atoms with Crippen LogP contribution in [0.1, 0.15) is 43.4 Å². The van der Waals surface area contributed by atoms with Crippen LogP contribution in [0.25, 0.3) is 0 Å². The molecule has 5 nitrogen and oxygen atoms in total. The number of benzene rings is 3. The van der Waals surface area contributed by atoms with E-state index in [1.165, 1.54) is 0 Å². The van der Waals surface area contributed by atoms with Gasteiger partial charge < -0.3 is 15.0 Å². The number of carbonyl (C=O) groups is 2. The maximum absolute atomic E-state index is 13.6. The fraction of sp³-hybridized carbons (Fsp3) is 0.333. The van der Waals surface area contributed by atoms with Crippen LogP contribution >= 0.6 is 23.2 Å². The lowest BCUT2D eigenvalue weighted by Crippen LogP contribution is -2.51. The molecule has 0 fully saturated rings. The van der Waals surface area contributed by atoms with Crippen molar-refractivity contribution in [2.24, 2.45) is 0 Å². The summed E-state index contributed by atoms with van der Waals surface area (Å²) in [6.07, 6.45) is 1.13. The number of amides is 2. The van der Waals surface area contributed by atoms with Crippen LogP contribution in [0.5, 0.6) is 5.75 Å². The number of hydrogen-bond acceptors (Lipinski definition) is 3. The summed E-state index contributed by atoms with van der Waals surface area (Å²) in [5.41, 5.74) is 2.85. The average molecular weight is 542 g/mol. The summed E-state index contributed by atoms with van der Waals surface area (Å²) in [7, 11) is 0. The summed E-state index contributed by atoms with van der Waals surface area (Å²) >= 11 is 12.6. The van der Waals surface area contributed by atoms with Gasteiger partial charge in [0.05, 0.1) is 6.61 Å². The van der Waals surface area contributed by atoms with Crippen LogP contribution < -0.4 is 10.1 Å². The second kappa shape index (κ2) is 14.1. The van der Waals surface area contributed by atoms with E-state index in [0.717, 1.165) is 22.4 Å². The van der Waals surface area contributed by atoms with E-state index in [-0.39, 0.29) is 30.8 Å². The number of hydrogen-bond donors (Lipinski definition) is 1. The SMILES string of the molecule is Cc1ccc(OCCCC(=O)N(Cc2ccc(Cl)cc2Cl)[C@H](Cc2ccccc2)C(=O)NC(C)C)cc1. The van der Waals surface area contributed by atoms with Gasteiger partial charge in [-0.2, -0.15) is 0 Å². The van der Waals surface area contributed by atoms with Crippen LogP contribution in [-0.4, -0.2) is 35.4 Å². The number of rotatable bonds is 12. The van der Waals surface area contributed by atoms with Crippen molar-refractivity contribution < 1.29 is 14.3 Å². The third kappa shape index (κ3) is 9.10. The molecule has 1 N–H and O–H groups in total. The predicted molar refractivity (Wildman–Crippen MR) is 150 cm³/mol. The first kappa shape index (κ1) is 28.5. The van der Waals surface area contributed by atoms with Crippen LogP contribution in [0.4, 0.5) is 0 Å². The Bertz CT molecular complexity index is 1170. The molecule has 0 unspecified atom stereocenters. The zero-order valence-corrected chi connectivity index (χ0v) is 23.1. The molecule has 37 heavy (non-hydrogen) atoms. The van der Waals surface area contributed by atoms with Gasteiger partial charge in [0.15, 0.2) is 0 Å². The summed E-state index contributed by atoms with van der Waals surface area (Å²) in [5.74, 6) is 0.424. The third-order valence-corrected chi connectivity index (χ3v) is 6.47. The summed E-state index contributed by atoms with van der Waals surface area (Å²) < 4.78 is 5.81. The van der Waals surface area contributed by atoms with Crippen molar-refractivity contribution in [2.45, 2.75) is 58.7 Å². The summed E-state index contributed by atoms with van der Waals surface area (Å²) in [6.45, 7) is 6.41. The summed E-state index contributed by atoms with van der Waals surface area (Å²) in [5, 5.41) is 3.96. The number of nitrogens with zero attached hydrogens (tertiary/aromatic N) is 1. The Kier molecular flexibility index (Phi) is 10.8. The lowest BCUT2D eigenvalue weighted by molar-refractivity contribution is -0.141. The number of nitrogens with one attached hydrogen (secondary N) is 1. The molecule has 1 atom stereocenters. The summed E-state index contributed by atoms with van der Waals surface area (Å²) in [6, 6.07) is 21.9. The normalized spacial score (nSPS) is 11.7. The predicted octanol–water partition coefficient (Wildman–Crippen LogP) is 6.63. The molecule has 0 spiro atoms. The van der Waals surface area contributed by atoms with Gasteiger partial charge in [0.2, 0.25) is 11.8 Å². The number of ether oxygens (including phenoxy) is 1. The highest BCUT2D eigenvalue weighted by Crippen LogP contribution is 2.25. The largest absolute Gasteiger partial charge is 0.494 e. The van der Waals surface area contributed by atoms with Crippen molar-refractivity contribution in [1.82, 2.24) is 10.2 Å². The molecule has 0 heterocycles. The Labute approximate surface area is 229 Å². The van der Waals surface area contributed by atoms with Crippen LogP contribution in [0.2, 0.25) is 10.0 Å². The first-order valence-corrected chi connectivity index (χ1v) is 13.3. The van der Waals surface area contributed by atoms with E-state index in [2.05, 4.69) is 5.32 Å². The molecular weight excluding hydrogens is 507 g/mol. The van der Waals surface area contributed by atoms with Gasteiger partial charge in [0.25, 0.3) is 0 Å². The van der Waals surface area contributed by atoms with E-state index in [0.29, 0.717) is 29.5 Å². The molecule has 3 aromatic carbocycles. The van der Waals surface area contributed by atoms with Gasteiger partial charge in [-0.15, -0.1) is 0 Å². The minimum absolute atomic E-state index is 0.0650. The van der Waals surface area contributed by atoms with Gasteiger partial charge in [0.1, 0.15) is 11.8 Å². The number of halogens is 2. The van der Waals surface area contributed by atoms with Crippen LogP contribution in [0, 0.1) is 6.92 Å². The molecule has 7 heteroatoms. The van der Waals surface area contributed by atoms with E-state index in [1.54, 1.807) is 23.1 Å². The Morgan fingerprint density at radius 3 is 2.32 bits per heavy atom. The standard InChI is InChI=1S/C30H34Cl2N2O3/c1-21(2)33-30(36)28(18-23-8-5-4-6-9-23)34(20-24-13-14-25(31)19-27(24)32)29(35)10-7-17-37-26-15-11-22(3)12-16-26/h4-6,8-9,11-16,19,21,28H,7,10,17-18,20H2,1-3H3,(H,33,36)/t28-/m1/s1. The minimum atomic E-state index is -0.706. The first-order valence-electron chi connectivity index (χ1n) is 12.5. The van der Waals surface area contributed by atoms with Crippen molar-refractivity contribution in [3.05, 3.63) is 99.5 Å². The molecule has 196 valence electrons. The second-order valence-corrected chi connectivity index (χ2v) is 10.2. The van der Waals surface area contributed by atoms with Gasteiger partial charge in [-0.1, -0.05) is 77.3 Å². The fourth-order valence-electron chi connectivity index (χ4n) is 3.96.